The van der Waals surface area contributed by atoms with E-state index in [9.17, 15) is 13.2 Å². The first-order chi connectivity index (χ1) is 9.36. The molecule has 20 heavy (non-hydrogen) atoms. The Morgan fingerprint density at radius 2 is 2.20 bits per heavy atom. The van der Waals surface area contributed by atoms with Gasteiger partial charge in [-0.2, -0.15) is 18.3 Å². The summed E-state index contributed by atoms with van der Waals surface area (Å²) in [6.07, 6.45) is 0.242. The van der Waals surface area contributed by atoms with Crippen molar-refractivity contribution in [2.75, 3.05) is 5.32 Å². The molecule has 0 saturated heterocycles. The van der Waals surface area contributed by atoms with E-state index in [2.05, 4.69) is 31.3 Å². The summed E-state index contributed by atoms with van der Waals surface area (Å²) in [5.74, 6) is -0.180. The zero-order chi connectivity index (χ0) is 14.8. The molecule has 2 aromatic heterocycles. The maximum absolute atomic E-state index is 12.9. The van der Waals surface area contributed by atoms with Crippen LogP contribution in [0.4, 0.5) is 19.0 Å². The molecule has 0 saturated carbocycles. The van der Waals surface area contributed by atoms with Crippen molar-refractivity contribution in [1.82, 2.24) is 14.8 Å². The van der Waals surface area contributed by atoms with Gasteiger partial charge < -0.3 is 5.32 Å². The molecule has 0 aromatic carbocycles. The Balaban J connectivity index is 2.16. The molecule has 0 spiro atoms. The largest absolute Gasteiger partial charge is 0.419 e. The third-order valence-electron chi connectivity index (χ3n) is 2.56. The number of aromatic nitrogens is 3. The van der Waals surface area contributed by atoms with Crippen LogP contribution in [0.25, 0.3) is 0 Å². The van der Waals surface area contributed by atoms with Crippen LogP contribution in [-0.4, -0.2) is 20.8 Å². The highest BCUT2D eigenvalue weighted by atomic mass is 79.9. The summed E-state index contributed by atoms with van der Waals surface area (Å²) in [5.41, 5.74) is -0.792. The average molecular weight is 349 g/mol. The zero-order valence-electron chi connectivity index (χ0n) is 10.5. The predicted octanol–water partition coefficient (Wildman–Crippen LogP) is 3.56. The molecule has 1 N–H and O–H groups in total. The number of halogens is 4. The monoisotopic (exact) mass is 348 g/mol. The van der Waals surface area contributed by atoms with Gasteiger partial charge >= 0.3 is 6.18 Å². The van der Waals surface area contributed by atoms with Crippen LogP contribution >= 0.6 is 15.9 Å². The van der Waals surface area contributed by atoms with Crippen LogP contribution < -0.4 is 5.32 Å². The number of hydrogen-bond donors (Lipinski definition) is 1. The van der Waals surface area contributed by atoms with E-state index >= 15 is 0 Å². The van der Waals surface area contributed by atoms with E-state index in [-0.39, 0.29) is 16.3 Å². The van der Waals surface area contributed by atoms with Crippen LogP contribution in [0.2, 0.25) is 0 Å². The second-order valence-electron chi connectivity index (χ2n) is 4.32. The second-order valence-corrected chi connectivity index (χ2v) is 5.24. The third kappa shape index (κ3) is 3.72. The van der Waals surface area contributed by atoms with Crippen molar-refractivity contribution in [2.45, 2.75) is 25.7 Å². The van der Waals surface area contributed by atoms with Crippen LogP contribution in [0.15, 0.2) is 35.2 Å². The van der Waals surface area contributed by atoms with Gasteiger partial charge in [-0.15, -0.1) is 0 Å². The fraction of sp³-hybridized carbons (Fsp3) is 0.333. The topological polar surface area (TPSA) is 42.7 Å². The summed E-state index contributed by atoms with van der Waals surface area (Å²) >= 11 is 3.00. The summed E-state index contributed by atoms with van der Waals surface area (Å²) in [5, 5.41) is 6.78. The van der Waals surface area contributed by atoms with Crippen LogP contribution in [0.3, 0.4) is 0 Å². The van der Waals surface area contributed by atoms with Gasteiger partial charge in [-0.05, 0) is 35.0 Å². The molecule has 0 fully saturated rings. The molecular weight excluding hydrogens is 337 g/mol. The fourth-order valence-electron chi connectivity index (χ4n) is 1.74. The lowest BCUT2D eigenvalue weighted by atomic mass is 10.2. The second kappa shape index (κ2) is 5.82. The Hall–Kier alpha value is -1.57. The first-order valence-electron chi connectivity index (χ1n) is 5.83. The lowest BCUT2D eigenvalue weighted by Gasteiger charge is -2.18. The molecule has 4 nitrogen and oxygen atoms in total. The molecule has 2 aromatic rings. The van der Waals surface area contributed by atoms with E-state index in [1.807, 2.05) is 0 Å². The minimum atomic E-state index is -4.45. The Kier molecular flexibility index (Phi) is 4.32. The number of alkyl halides is 3. The Morgan fingerprint density at radius 1 is 1.45 bits per heavy atom. The lowest BCUT2D eigenvalue weighted by Crippen LogP contribution is -2.24. The number of rotatable bonds is 4. The molecule has 0 aliphatic rings. The van der Waals surface area contributed by atoms with Crippen molar-refractivity contribution in [3.63, 3.8) is 0 Å². The van der Waals surface area contributed by atoms with Crippen molar-refractivity contribution in [2.24, 2.45) is 0 Å². The minimum absolute atomic E-state index is 0.180. The van der Waals surface area contributed by atoms with Gasteiger partial charge in [0, 0.05) is 29.1 Å². The molecule has 0 aliphatic heterocycles. The van der Waals surface area contributed by atoms with Crippen LogP contribution in [0.1, 0.15) is 12.5 Å². The predicted molar refractivity (Wildman–Crippen MR) is 72.3 cm³/mol. The van der Waals surface area contributed by atoms with Crippen molar-refractivity contribution in [1.29, 1.82) is 0 Å². The van der Waals surface area contributed by atoms with Gasteiger partial charge in [0.2, 0.25) is 0 Å². The summed E-state index contributed by atoms with van der Waals surface area (Å²) in [7, 11) is 0. The zero-order valence-corrected chi connectivity index (χ0v) is 12.1. The highest BCUT2D eigenvalue weighted by Gasteiger charge is 2.35. The molecule has 1 atom stereocenters. The van der Waals surface area contributed by atoms with E-state index < -0.39 is 11.7 Å². The molecule has 0 bridgehead atoms. The van der Waals surface area contributed by atoms with Crippen LogP contribution in [-0.2, 0) is 12.7 Å². The standard InChI is InChI=1S/C12H12BrF3N4/c1-8(7-20-4-2-3-18-20)19-11-10(12(14,15)16)5-9(13)6-17-11/h2-6,8H,7H2,1H3,(H,17,19). The van der Waals surface area contributed by atoms with E-state index in [0.29, 0.717) is 6.54 Å². The molecule has 0 radical (unpaired) electrons. The summed E-state index contributed by atoms with van der Waals surface area (Å²) in [4.78, 5) is 3.81. The Bertz CT molecular complexity index is 569. The van der Waals surface area contributed by atoms with Gasteiger partial charge in [0.25, 0.3) is 0 Å². The van der Waals surface area contributed by atoms with E-state index in [1.54, 1.807) is 30.1 Å². The maximum atomic E-state index is 12.9. The molecule has 8 heteroatoms. The highest BCUT2D eigenvalue weighted by Crippen LogP contribution is 2.35. The molecule has 2 rings (SSSR count). The van der Waals surface area contributed by atoms with Gasteiger partial charge in [0.1, 0.15) is 5.82 Å². The number of anilines is 1. The fourth-order valence-corrected chi connectivity index (χ4v) is 2.07. The minimum Gasteiger partial charge on any atom is -0.365 e. The first kappa shape index (κ1) is 14.8. The smallest absolute Gasteiger partial charge is 0.365 e. The molecule has 1 unspecified atom stereocenters. The summed E-state index contributed by atoms with van der Waals surface area (Å²) < 4.78 is 40.7. The SMILES string of the molecule is CC(Cn1cccn1)Nc1ncc(Br)cc1C(F)(F)F. The molecule has 0 aliphatic carbocycles. The first-order valence-corrected chi connectivity index (χ1v) is 6.62. The third-order valence-corrected chi connectivity index (χ3v) is 3.00. The molecule has 0 amide bonds. The molecule has 108 valence electrons. The number of pyridine rings is 1. The van der Waals surface area contributed by atoms with E-state index in [1.165, 1.54) is 6.20 Å². The normalized spacial score (nSPS) is 13.2. The van der Waals surface area contributed by atoms with Crippen LogP contribution in [0.5, 0.6) is 0 Å². The average Bonchev–Trinajstić information content (AvgIpc) is 2.82. The van der Waals surface area contributed by atoms with Crippen LogP contribution in [0, 0.1) is 0 Å². The van der Waals surface area contributed by atoms with Gasteiger partial charge in [0.15, 0.2) is 0 Å². The molecule has 2 heterocycles. The number of hydrogen-bond acceptors (Lipinski definition) is 3. The van der Waals surface area contributed by atoms with Gasteiger partial charge in [0.05, 0.1) is 12.1 Å². The van der Waals surface area contributed by atoms with Gasteiger partial charge in [-0.25, -0.2) is 4.98 Å². The van der Waals surface area contributed by atoms with Gasteiger partial charge in [-0.1, -0.05) is 0 Å². The number of nitrogens with one attached hydrogen (secondary N) is 1. The van der Waals surface area contributed by atoms with Crippen molar-refractivity contribution in [3.05, 3.63) is 40.8 Å². The summed E-state index contributed by atoms with van der Waals surface area (Å²) in [6, 6.07) is 2.52. The quantitative estimate of drug-likeness (QED) is 0.918. The highest BCUT2D eigenvalue weighted by molar-refractivity contribution is 9.10. The maximum Gasteiger partial charge on any atom is 0.419 e. The van der Waals surface area contributed by atoms with Crippen molar-refractivity contribution in [3.8, 4) is 0 Å². The Morgan fingerprint density at radius 3 is 2.80 bits per heavy atom. The summed E-state index contributed by atoms with van der Waals surface area (Å²) in [6.45, 7) is 2.22. The van der Waals surface area contributed by atoms with Crippen molar-refractivity contribution < 1.29 is 13.2 Å². The molecular formula is C12H12BrF3N4. The number of nitrogens with zero attached hydrogens (tertiary/aromatic N) is 3. The van der Waals surface area contributed by atoms with E-state index in [4.69, 9.17) is 0 Å². The van der Waals surface area contributed by atoms with Crippen molar-refractivity contribution >= 4 is 21.7 Å². The lowest BCUT2D eigenvalue weighted by molar-refractivity contribution is -0.137. The van der Waals surface area contributed by atoms with Gasteiger partial charge in [-0.3, -0.25) is 4.68 Å². The van der Waals surface area contributed by atoms with E-state index in [0.717, 1.165) is 6.07 Å². The Labute approximate surface area is 122 Å².